The quantitative estimate of drug-likeness (QED) is 0.374. The van der Waals surface area contributed by atoms with Gasteiger partial charge < -0.3 is 4.90 Å². The zero-order chi connectivity index (χ0) is 25.5. The molecule has 3 aromatic carbocycles. The van der Waals surface area contributed by atoms with Crippen molar-refractivity contribution in [3.63, 3.8) is 0 Å². The molecule has 1 atom stereocenters. The molecule has 0 aromatic heterocycles. The lowest BCUT2D eigenvalue weighted by Crippen LogP contribution is -2.60. The van der Waals surface area contributed by atoms with Crippen LogP contribution in [0.1, 0.15) is 43.4 Å². The maximum absolute atomic E-state index is 11.7. The molecular formula is C29H30ClNO4S. The molecule has 1 unspecified atom stereocenters. The summed E-state index contributed by atoms with van der Waals surface area (Å²) in [6.45, 7) is 6.37. The highest BCUT2D eigenvalue weighted by Gasteiger charge is 2.31. The minimum Gasteiger partial charge on any atom is -0.372 e. The third-order valence-corrected chi connectivity index (χ3v) is 8.41. The Morgan fingerprint density at radius 3 is 1.78 bits per heavy atom. The van der Waals surface area contributed by atoms with Crippen LogP contribution in [0.25, 0.3) is 10.5 Å². The minimum absolute atomic E-state index is 0.640. The molecule has 0 saturated heterocycles. The largest absolute Gasteiger partial charge is 0.372 e. The number of nitrogens with zero attached hydrogens (tertiary/aromatic N) is 1. The lowest BCUT2D eigenvalue weighted by Gasteiger charge is -2.24. The van der Waals surface area contributed by atoms with E-state index in [1.165, 1.54) is 5.69 Å². The molecule has 3 aromatic rings. The topological polar surface area (TPSA) is 81.7 Å². The summed E-state index contributed by atoms with van der Waals surface area (Å²) in [5.74, 6) is 0. The average molecular weight is 524 g/mol. The molecule has 1 aliphatic heterocycles. The minimum atomic E-state index is -4.64. The Kier molecular flexibility index (Phi) is 8.80. The van der Waals surface area contributed by atoms with E-state index in [2.05, 4.69) is 43.0 Å². The van der Waals surface area contributed by atoms with Crippen LogP contribution in [0.3, 0.4) is 0 Å². The first kappa shape index (κ1) is 26.4. The second-order valence-corrected chi connectivity index (χ2v) is 11.1. The van der Waals surface area contributed by atoms with E-state index in [4.69, 9.17) is 3.74 Å². The van der Waals surface area contributed by atoms with E-state index < -0.39 is 21.0 Å². The lowest BCUT2D eigenvalue weighted by molar-refractivity contribution is -1.91. The molecule has 36 heavy (non-hydrogen) atoms. The summed E-state index contributed by atoms with van der Waals surface area (Å²) in [6, 6.07) is 27.3. The summed E-state index contributed by atoms with van der Waals surface area (Å²) in [4.78, 5) is 3.66. The normalized spacial score (nSPS) is 15.9. The maximum atomic E-state index is 11.7. The van der Waals surface area contributed by atoms with Crippen LogP contribution in [0.2, 0.25) is 0 Å². The van der Waals surface area contributed by atoms with E-state index in [0.29, 0.717) is 9.77 Å². The second-order valence-electron chi connectivity index (χ2n) is 8.45. The fourth-order valence-corrected chi connectivity index (χ4v) is 6.79. The van der Waals surface area contributed by atoms with Crippen LogP contribution in [0.4, 0.5) is 5.69 Å². The van der Waals surface area contributed by atoms with Gasteiger partial charge in [0.25, 0.3) is 0 Å². The van der Waals surface area contributed by atoms with E-state index in [-0.39, 0.29) is 0 Å². The number of allylic oxidation sites excluding steroid dienone is 3. The molecule has 0 saturated carbocycles. The summed E-state index contributed by atoms with van der Waals surface area (Å²) in [6.07, 6.45) is 6.01. The molecule has 188 valence electrons. The van der Waals surface area contributed by atoms with E-state index in [1.54, 1.807) is 0 Å². The van der Waals surface area contributed by atoms with Crippen LogP contribution in [-0.2, 0) is 3.74 Å². The van der Waals surface area contributed by atoms with Gasteiger partial charge in [0.1, 0.15) is 14.5 Å². The van der Waals surface area contributed by atoms with Crippen LogP contribution in [0.5, 0.6) is 0 Å². The Bertz CT molecular complexity index is 1240. The van der Waals surface area contributed by atoms with Crippen molar-refractivity contribution >= 4 is 31.8 Å². The van der Waals surface area contributed by atoms with Crippen LogP contribution < -0.4 is 18.9 Å². The second kappa shape index (κ2) is 12.0. The van der Waals surface area contributed by atoms with Crippen molar-refractivity contribution in [3.05, 3.63) is 114 Å². The summed E-state index contributed by atoms with van der Waals surface area (Å²) >= 11 is 0. The Morgan fingerprint density at radius 1 is 0.694 bits per heavy atom. The smallest absolute Gasteiger partial charge is 0.148 e. The zero-order valence-corrected chi connectivity index (χ0v) is 22.0. The number of benzene rings is 3. The molecule has 1 aliphatic rings. The third kappa shape index (κ3) is 6.53. The maximum Gasteiger partial charge on any atom is 0.148 e. The summed E-state index contributed by atoms with van der Waals surface area (Å²) in [5.41, 5.74) is 4.70. The first-order valence-electron chi connectivity index (χ1n) is 12.0. The summed E-state index contributed by atoms with van der Waals surface area (Å²) in [7, 11) is -6.06. The van der Waals surface area contributed by atoms with Crippen molar-refractivity contribution in [2.75, 3.05) is 18.0 Å². The van der Waals surface area contributed by atoms with Crippen molar-refractivity contribution in [2.24, 2.45) is 0 Å². The van der Waals surface area contributed by atoms with Gasteiger partial charge in [-0.3, -0.25) is 0 Å². The molecule has 0 N–H and O–H groups in total. The van der Waals surface area contributed by atoms with Crippen molar-refractivity contribution in [1.29, 1.82) is 0 Å². The molecule has 0 fully saturated rings. The third-order valence-electron chi connectivity index (χ3n) is 5.78. The van der Waals surface area contributed by atoms with Crippen molar-refractivity contribution in [3.8, 4) is 0 Å². The van der Waals surface area contributed by atoms with E-state index in [0.717, 1.165) is 48.2 Å². The van der Waals surface area contributed by atoms with E-state index in [9.17, 15) is 14.0 Å². The highest BCUT2D eigenvalue weighted by atomic mass is 35.7. The highest BCUT2D eigenvalue weighted by Crippen LogP contribution is 2.45. The van der Waals surface area contributed by atoms with Gasteiger partial charge in [0.05, 0.1) is 20.0 Å². The van der Waals surface area contributed by atoms with Gasteiger partial charge in [-0.05, 0) is 59.4 Å². The van der Waals surface area contributed by atoms with Gasteiger partial charge in [-0.1, -0.05) is 86.6 Å². The fraction of sp³-hybridized carbons (Fsp3) is 0.207. The zero-order valence-electron chi connectivity index (χ0n) is 20.4. The fourth-order valence-electron chi connectivity index (χ4n) is 4.22. The molecule has 7 heteroatoms. The molecule has 5 nitrogen and oxygen atoms in total. The number of anilines is 1. The predicted molar refractivity (Wildman–Crippen MR) is 141 cm³/mol. The Labute approximate surface area is 217 Å². The Hall–Kier alpha value is -2.71. The van der Waals surface area contributed by atoms with E-state index >= 15 is 0 Å². The average Bonchev–Trinajstić information content (AvgIpc) is 2.89. The molecular weight excluding hydrogens is 494 g/mol. The van der Waals surface area contributed by atoms with Crippen molar-refractivity contribution < 1.29 is 28.0 Å². The number of halogens is 1. The Balaban J connectivity index is 1.85. The number of hydrogen-bond acceptors (Lipinski definition) is 5. The molecule has 4 rings (SSSR count). The number of rotatable bonds is 10. The van der Waals surface area contributed by atoms with E-state index in [1.807, 2.05) is 72.8 Å². The molecule has 0 aliphatic carbocycles. The van der Waals surface area contributed by atoms with Crippen LogP contribution in [0, 0.1) is 10.2 Å². The van der Waals surface area contributed by atoms with Crippen LogP contribution >= 0.6 is 10.8 Å². The first-order chi connectivity index (χ1) is 17.4. The molecule has 0 amide bonds. The summed E-state index contributed by atoms with van der Waals surface area (Å²) < 4.78 is 40.4. The highest BCUT2D eigenvalue weighted by molar-refractivity contribution is 8.20. The van der Waals surface area contributed by atoms with Crippen LogP contribution in [0.15, 0.2) is 97.1 Å². The van der Waals surface area contributed by atoms with Gasteiger partial charge >= 0.3 is 0 Å². The summed E-state index contributed by atoms with van der Waals surface area (Å²) in [5, 5.41) is 0. The lowest BCUT2D eigenvalue weighted by atomic mass is 10.00. The van der Waals surface area contributed by atoms with Crippen molar-refractivity contribution in [2.45, 2.75) is 26.7 Å². The van der Waals surface area contributed by atoms with Gasteiger partial charge in [0.2, 0.25) is 0 Å². The SMILES string of the molecule is CCCN(CCC)c1ccc(C2=CC(c3ccccc3)=S(O[Cl+3]([O-])([O-])[O-])C(c3ccccc3)=C2)cc1. The number of hydrogen-bond donors (Lipinski definition) is 0. The van der Waals surface area contributed by atoms with Gasteiger partial charge in [-0.15, -0.1) is 0 Å². The van der Waals surface area contributed by atoms with Gasteiger partial charge in [-0.2, -0.15) is 14.0 Å². The molecule has 0 spiro atoms. The standard InChI is InChI=1S/C29H30ClNO4S/c1-3-19-31(20-4-2)27-17-15-23(16-18-27)26-21-28(24-11-7-5-8-12-24)36(35-30(32,33)34)29(22-26)25-13-9-6-10-14-25/h5-18,21-22H,3-4,19-20H2,1-2H3. The predicted octanol–water partition coefficient (Wildman–Crippen LogP) is 4.07. The molecule has 0 radical (unpaired) electrons. The van der Waals surface area contributed by atoms with Crippen molar-refractivity contribution in [1.82, 2.24) is 0 Å². The molecule has 0 bridgehead atoms. The van der Waals surface area contributed by atoms with Gasteiger partial charge in [0.15, 0.2) is 0 Å². The monoisotopic (exact) mass is 523 g/mol. The molecule has 1 heterocycles. The van der Waals surface area contributed by atoms with Gasteiger partial charge in [-0.25, -0.2) is 0 Å². The first-order valence-corrected chi connectivity index (χ1v) is 14.4. The van der Waals surface area contributed by atoms with Gasteiger partial charge in [0, 0.05) is 18.8 Å². The van der Waals surface area contributed by atoms with Crippen LogP contribution in [-0.4, -0.2) is 18.0 Å². The Morgan fingerprint density at radius 2 is 1.25 bits per heavy atom.